The monoisotopic (exact) mass is 168 g/mol. The number of fused-ring (bicyclic) bond motifs is 1. The van der Waals surface area contributed by atoms with Crippen LogP contribution in [0.4, 0.5) is 0 Å². The summed E-state index contributed by atoms with van der Waals surface area (Å²) in [6, 6.07) is 1.30. The van der Waals surface area contributed by atoms with Crippen LogP contribution >= 0.6 is 0 Å². The lowest BCUT2D eigenvalue weighted by molar-refractivity contribution is 0.0720. The molecule has 3 atom stereocenters. The second-order valence-corrected chi connectivity index (χ2v) is 4.55. The van der Waals surface area contributed by atoms with E-state index in [2.05, 4.69) is 11.9 Å². The molecule has 1 heterocycles. The zero-order valence-corrected chi connectivity index (χ0v) is 8.00. The van der Waals surface area contributed by atoms with E-state index in [1.54, 1.807) is 0 Å². The fourth-order valence-electron chi connectivity index (χ4n) is 3.01. The van der Waals surface area contributed by atoms with Crippen LogP contribution in [-0.2, 0) is 0 Å². The highest BCUT2D eigenvalue weighted by Gasteiger charge is 2.33. The summed E-state index contributed by atoms with van der Waals surface area (Å²) in [5.74, 6) is 0.910. The van der Waals surface area contributed by atoms with Crippen molar-refractivity contribution in [1.29, 1.82) is 0 Å². The predicted molar refractivity (Wildman–Crippen MR) is 51.0 cm³/mol. The van der Waals surface area contributed by atoms with E-state index in [1.165, 1.54) is 32.1 Å². The number of hydrogen-bond acceptors (Lipinski definition) is 2. The average Bonchev–Trinajstić information content (AvgIpc) is 2.04. The normalized spacial score (nSPS) is 44.0. The van der Waals surface area contributed by atoms with Gasteiger partial charge in [0.25, 0.3) is 0 Å². The molecule has 0 spiro atoms. The quantitative estimate of drug-likeness (QED) is 0.589. The highest BCUT2D eigenvalue weighted by Crippen LogP contribution is 2.33. The third kappa shape index (κ3) is 1.50. The van der Waals surface area contributed by atoms with Gasteiger partial charge in [-0.3, -0.25) is 0 Å². The molecule has 1 aliphatic heterocycles. The Bertz CT molecular complexity index is 158. The summed E-state index contributed by atoms with van der Waals surface area (Å²) in [5, 5.41) is 0. The minimum absolute atomic E-state index is 0.439. The zero-order chi connectivity index (χ0) is 8.55. The molecule has 2 nitrogen and oxygen atoms in total. The molecule has 2 heteroatoms. The Morgan fingerprint density at radius 3 is 2.83 bits per heavy atom. The summed E-state index contributed by atoms with van der Waals surface area (Å²) in [5.41, 5.74) is 5.99. The van der Waals surface area contributed by atoms with Gasteiger partial charge in [0.05, 0.1) is 0 Å². The van der Waals surface area contributed by atoms with Crippen molar-refractivity contribution < 1.29 is 0 Å². The van der Waals surface area contributed by atoms with Crippen LogP contribution < -0.4 is 5.73 Å². The maximum atomic E-state index is 5.99. The molecule has 2 N–H and O–H groups in total. The number of nitrogens with two attached hydrogens (primary N) is 1. The summed E-state index contributed by atoms with van der Waals surface area (Å²) >= 11 is 0. The maximum absolute atomic E-state index is 5.99. The third-order valence-corrected chi connectivity index (χ3v) is 3.56. The molecule has 2 fully saturated rings. The van der Waals surface area contributed by atoms with Crippen LogP contribution in [0.2, 0.25) is 0 Å². The molecule has 0 radical (unpaired) electrons. The first-order chi connectivity index (χ1) is 5.77. The molecule has 0 aromatic heterocycles. The highest BCUT2D eigenvalue weighted by molar-refractivity contribution is 4.90. The molecule has 2 rings (SSSR count). The molecular formula is C10H20N2. The second-order valence-electron chi connectivity index (χ2n) is 4.55. The molecule has 1 saturated heterocycles. The molecule has 1 saturated carbocycles. The molecule has 3 unspecified atom stereocenters. The minimum atomic E-state index is 0.439. The van der Waals surface area contributed by atoms with Gasteiger partial charge in [-0.1, -0.05) is 12.8 Å². The van der Waals surface area contributed by atoms with Gasteiger partial charge in [-0.2, -0.15) is 0 Å². The van der Waals surface area contributed by atoms with E-state index < -0.39 is 0 Å². The number of nitrogens with zero attached hydrogens (tertiary/aromatic N) is 1. The fourth-order valence-corrected chi connectivity index (χ4v) is 3.01. The summed E-state index contributed by atoms with van der Waals surface area (Å²) in [6.45, 7) is 1.11. The summed E-state index contributed by atoms with van der Waals surface area (Å²) < 4.78 is 0. The first kappa shape index (κ1) is 8.52. The Balaban J connectivity index is 2.01. The van der Waals surface area contributed by atoms with Crippen LogP contribution in [0.15, 0.2) is 0 Å². The van der Waals surface area contributed by atoms with Crippen molar-refractivity contribution in [3.63, 3.8) is 0 Å². The summed E-state index contributed by atoms with van der Waals surface area (Å²) in [4.78, 5) is 2.48. The van der Waals surface area contributed by atoms with Crippen LogP contribution in [0.3, 0.4) is 0 Å². The van der Waals surface area contributed by atoms with Gasteiger partial charge in [-0.15, -0.1) is 0 Å². The Morgan fingerprint density at radius 1 is 1.25 bits per heavy atom. The van der Waals surface area contributed by atoms with Gasteiger partial charge in [-0.05, 0) is 32.2 Å². The van der Waals surface area contributed by atoms with E-state index in [-0.39, 0.29) is 0 Å². The molecule has 0 bridgehead atoms. The van der Waals surface area contributed by atoms with E-state index >= 15 is 0 Å². The standard InChI is InChI=1S/C10H20N2/c1-12-7-9(11)6-8-4-2-3-5-10(8)12/h8-10H,2-7,11H2,1H3. The minimum Gasteiger partial charge on any atom is -0.327 e. The Labute approximate surface area is 75.1 Å². The van der Waals surface area contributed by atoms with Gasteiger partial charge >= 0.3 is 0 Å². The number of hydrogen-bond donors (Lipinski definition) is 1. The third-order valence-electron chi connectivity index (χ3n) is 3.56. The van der Waals surface area contributed by atoms with Gasteiger partial charge in [0.2, 0.25) is 0 Å². The molecule has 12 heavy (non-hydrogen) atoms. The van der Waals surface area contributed by atoms with Crippen molar-refractivity contribution in [2.45, 2.75) is 44.2 Å². The lowest BCUT2D eigenvalue weighted by Crippen LogP contribution is -2.52. The Hall–Kier alpha value is -0.0800. The van der Waals surface area contributed by atoms with Gasteiger partial charge in [-0.25, -0.2) is 0 Å². The van der Waals surface area contributed by atoms with Crippen molar-refractivity contribution in [3.05, 3.63) is 0 Å². The van der Waals surface area contributed by atoms with Crippen LogP contribution in [-0.4, -0.2) is 30.6 Å². The lowest BCUT2D eigenvalue weighted by Gasteiger charge is -2.44. The molecule has 70 valence electrons. The van der Waals surface area contributed by atoms with Crippen molar-refractivity contribution in [2.75, 3.05) is 13.6 Å². The van der Waals surface area contributed by atoms with E-state index in [4.69, 9.17) is 5.73 Å². The number of rotatable bonds is 0. The van der Waals surface area contributed by atoms with Crippen molar-refractivity contribution in [1.82, 2.24) is 4.90 Å². The van der Waals surface area contributed by atoms with Gasteiger partial charge in [0, 0.05) is 18.6 Å². The van der Waals surface area contributed by atoms with Gasteiger partial charge in [0.1, 0.15) is 0 Å². The molecule has 0 aromatic carbocycles. The number of likely N-dealkylation sites (tertiary alicyclic amines) is 1. The predicted octanol–water partition coefficient (Wildman–Crippen LogP) is 1.21. The summed E-state index contributed by atoms with van der Waals surface area (Å²) in [6.07, 6.45) is 6.97. The smallest absolute Gasteiger partial charge is 0.0171 e. The topological polar surface area (TPSA) is 29.3 Å². The average molecular weight is 168 g/mol. The van der Waals surface area contributed by atoms with E-state index in [1.807, 2.05) is 0 Å². The van der Waals surface area contributed by atoms with Crippen LogP contribution in [0.25, 0.3) is 0 Å². The van der Waals surface area contributed by atoms with Crippen molar-refractivity contribution in [2.24, 2.45) is 11.7 Å². The maximum Gasteiger partial charge on any atom is 0.0171 e. The first-order valence-corrected chi connectivity index (χ1v) is 5.23. The summed E-state index contributed by atoms with van der Waals surface area (Å²) in [7, 11) is 2.24. The molecule has 2 aliphatic rings. The highest BCUT2D eigenvalue weighted by atomic mass is 15.2. The van der Waals surface area contributed by atoms with Gasteiger partial charge in [0.15, 0.2) is 0 Å². The van der Waals surface area contributed by atoms with Crippen molar-refractivity contribution >= 4 is 0 Å². The molecule has 1 aliphatic carbocycles. The van der Waals surface area contributed by atoms with Crippen LogP contribution in [0, 0.1) is 5.92 Å². The molecular weight excluding hydrogens is 148 g/mol. The lowest BCUT2D eigenvalue weighted by atomic mass is 9.77. The Morgan fingerprint density at radius 2 is 2.00 bits per heavy atom. The SMILES string of the molecule is CN1CC(N)CC2CCCCC21. The van der Waals surface area contributed by atoms with E-state index in [9.17, 15) is 0 Å². The van der Waals surface area contributed by atoms with Crippen LogP contribution in [0.1, 0.15) is 32.1 Å². The second kappa shape index (κ2) is 3.35. The largest absolute Gasteiger partial charge is 0.327 e. The van der Waals surface area contributed by atoms with Crippen molar-refractivity contribution in [3.8, 4) is 0 Å². The van der Waals surface area contributed by atoms with E-state index in [0.717, 1.165) is 18.5 Å². The number of piperidine rings is 1. The molecule has 0 aromatic rings. The number of likely N-dealkylation sites (N-methyl/N-ethyl adjacent to an activating group) is 1. The van der Waals surface area contributed by atoms with E-state index in [0.29, 0.717) is 6.04 Å². The fraction of sp³-hybridized carbons (Fsp3) is 1.00. The first-order valence-electron chi connectivity index (χ1n) is 5.23. The van der Waals surface area contributed by atoms with Crippen LogP contribution in [0.5, 0.6) is 0 Å². The Kier molecular flexibility index (Phi) is 2.37. The molecule has 0 amide bonds. The zero-order valence-electron chi connectivity index (χ0n) is 8.00. The van der Waals surface area contributed by atoms with Gasteiger partial charge < -0.3 is 10.6 Å².